The second-order valence-corrected chi connectivity index (χ2v) is 8.43. The second kappa shape index (κ2) is 8.37. The summed E-state index contributed by atoms with van der Waals surface area (Å²) in [6, 6.07) is 13.5. The molecule has 1 aliphatic rings. The Labute approximate surface area is 181 Å². The lowest BCUT2D eigenvalue weighted by atomic mass is 10.2. The van der Waals surface area contributed by atoms with Crippen LogP contribution in [0.4, 0.5) is 0 Å². The van der Waals surface area contributed by atoms with Gasteiger partial charge in [0.25, 0.3) is 5.22 Å². The van der Waals surface area contributed by atoms with Gasteiger partial charge in [-0.25, -0.2) is 4.98 Å². The monoisotopic (exact) mass is 439 g/mol. The minimum atomic E-state index is 0.232. The predicted molar refractivity (Wildman–Crippen MR) is 113 cm³/mol. The third-order valence-electron chi connectivity index (χ3n) is 4.35. The molecule has 0 atom stereocenters. The molecule has 2 aromatic carbocycles. The fraction of sp³-hybridized carbons (Fsp3) is 0.190. The van der Waals surface area contributed by atoms with Crippen molar-refractivity contribution in [3.8, 4) is 28.7 Å². The van der Waals surface area contributed by atoms with Gasteiger partial charge in [-0.15, -0.1) is 21.5 Å². The van der Waals surface area contributed by atoms with Gasteiger partial charge in [0.05, 0.1) is 5.69 Å². The molecule has 3 heterocycles. The van der Waals surface area contributed by atoms with Gasteiger partial charge >= 0.3 is 0 Å². The highest BCUT2D eigenvalue weighted by Crippen LogP contribution is 2.36. The Bertz CT molecular complexity index is 1160. The first kappa shape index (κ1) is 19.0. The van der Waals surface area contributed by atoms with E-state index in [4.69, 9.17) is 18.6 Å². The molecule has 0 N–H and O–H groups in total. The van der Waals surface area contributed by atoms with E-state index in [-0.39, 0.29) is 6.79 Å². The van der Waals surface area contributed by atoms with Crippen LogP contribution < -0.4 is 14.2 Å². The molecule has 0 fully saturated rings. The lowest BCUT2D eigenvalue weighted by Crippen LogP contribution is -1.95. The lowest BCUT2D eigenvalue weighted by molar-refractivity contribution is 0.174. The number of aromatic nitrogens is 3. The van der Waals surface area contributed by atoms with Crippen molar-refractivity contribution in [2.24, 2.45) is 0 Å². The van der Waals surface area contributed by atoms with E-state index in [2.05, 4.69) is 22.1 Å². The second-order valence-electron chi connectivity index (χ2n) is 6.56. The number of nitrogens with zero attached hydrogens (tertiary/aromatic N) is 3. The molecule has 0 saturated heterocycles. The number of fused-ring (bicyclic) bond motifs is 1. The van der Waals surface area contributed by atoms with E-state index >= 15 is 0 Å². The fourth-order valence-corrected chi connectivity index (χ4v) is 4.28. The molecule has 0 radical (unpaired) electrons. The molecule has 2 aromatic heterocycles. The van der Waals surface area contributed by atoms with Crippen molar-refractivity contribution in [1.82, 2.24) is 15.2 Å². The molecule has 152 valence electrons. The molecule has 0 saturated carbocycles. The third-order valence-corrected chi connectivity index (χ3v) is 6.08. The Hall–Kier alpha value is -3.04. The molecule has 7 nitrogen and oxygen atoms in total. The zero-order valence-corrected chi connectivity index (χ0v) is 17.7. The summed E-state index contributed by atoms with van der Waals surface area (Å²) in [4.78, 5) is 4.61. The molecule has 1 aliphatic heterocycles. The smallest absolute Gasteiger partial charge is 0.277 e. The molecule has 9 heteroatoms. The van der Waals surface area contributed by atoms with E-state index in [1.807, 2.05) is 47.8 Å². The number of ether oxygens (including phenoxy) is 3. The summed E-state index contributed by atoms with van der Waals surface area (Å²) in [6.07, 6.45) is 0. The van der Waals surface area contributed by atoms with E-state index in [9.17, 15) is 0 Å². The van der Waals surface area contributed by atoms with Crippen LogP contribution in [0.15, 0.2) is 57.5 Å². The van der Waals surface area contributed by atoms with Crippen LogP contribution in [0.3, 0.4) is 0 Å². The Morgan fingerprint density at radius 1 is 1.07 bits per heavy atom. The van der Waals surface area contributed by atoms with Crippen LogP contribution >= 0.6 is 23.1 Å². The first-order chi connectivity index (χ1) is 14.7. The number of thioether (sulfide) groups is 1. The van der Waals surface area contributed by atoms with Crippen molar-refractivity contribution in [1.29, 1.82) is 0 Å². The Morgan fingerprint density at radius 2 is 1.93 bits per heavy atom. The molecule has 0 aliphatic carbocycles. The van der Waals surface area contributed by atoms with Crippen molar-refractivity contribution in [3.05, 3.63) is 64.1 Å². The minimum absolute atomic E-state index is 0.232. The Kier molecular flexibility index (Phi) is 5.29. The third kappa shape index (κ3) is 4.27. The van der Waals surface area contributed by atoms with Gasteiger partial charge in [0.15, 0.2) is 11.5 Å². The molecular weight excluding hydrogens is 422 g/mol. The molecule has 4 aromatic rings. The summed E-state index contributed by atoms with van der Waals surface area (Å²) in [5.41, 5.74) is 2.96. The Morgan fingerprint density at radius 3 is 2.83 bits per heavy atom. The first-order valence-corrected chi connectivity index (χ1v) is 11.1. The zero-order chi connectivity index (χ0) is 20.3. The summed E-state index contributed by atoms with van der Waals surface area (Å²) >= 11 is 3.03. The number of hydrogen-bond donors (Lipinski definition) is 0. The van der Waals surface area contributed by atoms with Crippen LogP contribution in [0.2, 0.25) is 0 Å². The van der Waals surface area contributed by atoms with Crippen LogP contribution in [0.1, 0.15) is 16.3 Å². The standard InChI is InChI=1S/C21H17N3O4S2/c1-13-2-5-16(6-3-13)25-9-19-22-15(10-29-19)11-30-21-24-23-20(28-21)14-4-7-17-18(8-14)27-12-26-17/h2-8,10H,9,11-12H2,1H3. The van der Waals surface area contributed by atoms with E-state index in [0.29, 0.717) is 29.2 Å². The van der Waals surface area contributed by atoms with Gasteiger partial charge in [-0.3, -0.25) is 0 Å². The van der Waals surface area contributed by atoms with Crippen molar-refractivity contribution >= 4 is 23.1 Å². The highest BCUT2D eigenvalue weighted by Gasteiger charge is 2.17. The van der Waals surface area contributed by atoms with Gasteiger partial charge in [-0.2, -0.15) is 0 Å². The summed E-state index contributed by atoms with van der Waals surface area (Å²) in [7, 11) is 0. The normalized spacial score (nSPS) is 12.3. The van der Waals surface area contributed by atoms with Crippen molar-refractivity contribution in [2.45, 2.75) is 24.5 Å². The van der Waals surface area contributed by atoms with Crippen molar-refractivity contribution in [3.63, 3.8) is 0 Å². The number of benzene rings is 2. The molecule has 5 rings (SSSR count). The van der Waals surface area contributed by atoms with Gasteiger partial charge in [0.1, 0.15) is 17.4 Å². The molecule has 0 bridgehead atoms. The maximum atomic E-state index is 5.79. The summed E-state index contributed by atoms with van der Waals surface area (Å²) in [5.74, 6) is 3.33. The maximum absolute atomic E-state index is 5.79. The van der Waals surface area contributed by atoms with Gasteiger partial charge < -0.3 is 18.6 Å². The molecule has 0 spiro atoms. The highest BCUT2D eigenvalue weighted by atomic mass is 32.2. The van der Waals surface area contributed by atoms with Crippen molar-refractivity contribution in [2.75, 3.05) is 6.79 Å². The summed E-state index contributed by atoms with van der Waals surface area (Å²) in [6.45, 7) is 2.73. The topological polar surface area (TPSA) is 79.5 Å². The molecule has 0 amide bonds. The Balaban J connectivity index is 1.17. The first-order valence-electron chi connectivity index (χ1n) is 9.22. The van der Waals surface area contributed by atoms with Crippen LogP contribution in [0.5, 0.6) is 17.2 Å². The number of thiazole rings is 1. The van der Waals surface area contributed by atoms with Crippen LogP contribution in [0, 0.1) is 6.92 Å². The number of rotatable bonds is 7. The lowest BCUT2D eigenvalue weighted by Gasteiger charge is -2.03. The van der Waals surface area contributed by atoms with Crippen molar-refractivity contribution < 1.29 is 18.6 Å². The van der Waals surface area contributed by atoms with Gasteiger partial charge in [0, 0.05) is 16.7 Å². The van der Waals surface area contributed by atoms with Gasteiger partial charge in [-0.1, -0.05) is 29.5 Å². The van der Waals surface area contributed by atoms with Crippen LogP contribution in [-0.2, 0) is 12.4 Å². The number of aryl methyl sites for hydroxylation is 1. The van der Waals surface area contributed by atoms with E-state index in [1.165, 1.54) is 17.3 Å². The quantitative estimate of drug-likeness (QED) is 0.368. The molecular formula is C21H17N3O4S2. The van der Waals surface area contributed by atoms with Gasteiger partial charge in [0.2, 0.25) is 12.7 Å². The summed E-state index contributed by atoms with van der Waals surface area (Å²) < 4.78 is 22.3. The van der Waals surface area contributed by atoms with Crippen LogP contribution in [0.25, 0.3) is 11.5 Å². The minimum Gasteiger partial charge on any atom is -0.486 e. The van der Waals surface area contributed by atoms with E-state index in [0.717, 1.165) is 27.8 Å². The summed E-state index contributed by atoms with van der Waals surface area (Å²) in [5, 5.41) is 11.7. The molecule has 0 unspecified atom stereocenters. The fourth-order valence-electron chi connectivity index (χ4n) is 2.81. The van der Waals surface area contributed by atoms with E-state index < -0.39 is 0 Å². The van der Waals surface area contributed by atoms with Gasteiger partial charge in [-0.05, 0) is 37.3 Å². The molecule has 30 heavy (non-hydrogen) atoms. The van der Waals surface area contributed by atoms with Crippen LogP contribution in [-0.4, -0.2) is 22.0 Å². The number of hydrogen-bond acceptors (Lipinski definition) is 9. The zero-order valence-electron chi connectivity index (χ0n) is 16.0. The SMILES string of the molecule is Cc1ccc(OCc2nc(CSc3nnc(-c4ccc5c(c4)OCO5)o3)cs2)cc1. The average molecular weight is 440 g/mol. The predicted octanol–water partition coefficient (Wildman–Crippen LogP) is 5.10. The highest BCUT2D eigenvalue weighted by molar-refractivity contribution is 7.98. The average Bonchev–Trinajstić information content (AvgIpc) is 3.51. The largest absolute Gasteiger partial charge is 0.486 e. The van der Waals surface area contributed by atoms with E-state index in [1.54, 1.807) is 11.3 Å². The maximum Gasteiger partial charge on any atom is 0.277 e.